The third-order valence-corrected chi connectivity index (χ3v) is 25.5. The van der Waals surface area contributed by atoms with Crippen molar-refractivity contribution in [2.75, 3.05) is 132 Å². The van der Waals surface area contributed by atoms with Crippen molar-refractivity contribution in [3.63, 3.8) is 0 Å². The fourth-order valence-corrected chi connectivity index (χ4v) is 18.3. The predicted octanol–water partition coefficient (Wildman–Crippen LogP) is 9.30. The van der Waals surface area contributed by atoms with Crippen LogP contribution in [-0.2, 0) is 96.5 Å². The molecular formula is C93H97Br2ClF7N19O20S. The van der Waals surface area contributed by atoms with Crippen molar-refractivity contribution in [1.82, 2.24) is 75.2 Å². The van der Waals surface area contributed by atoms with Crippen LogP contribution in [0.15, 0.2) is 195 Å². The largest absolute Gasteiger partial charge is 0.480 e. The van der Waals surface area contributed by atoms with Crippen molar-refractivity contribution in [3.05, 3.63) is 259 Å². The highest BCUT2D eigenvalue weighted by atomic mass is 79.9. The number of imidazole rings is 1. The molecule has 8 aliphatic heterocycles. The van der Waals surface area contributed by atoms with Gasteiger partial charge in [0, 0.05) is 139 Å². The molecule has 143 heavy (non-hydrogen) atoms. The molecule has 4 aromatic heterocycles. The van der Waals surface area contributed by atoms with E-state index in [4.69, 9.17) is 59.5 Å². The lowest BCUT2D eigenvalue weighted by Crippen LogP contribution is -2.52. The number of morpholine rings is 4. The highest BCUT2D eigenvalue weighted by Crippen LogP contribution is 2.44. The number of nitrogens with one attached hydrogen (secondary N) is 4. The maximum absolute atomic E-state index is 15.0. The number of amidine groups is 4. The van der Waals surface area contributed by atoms with Gasteiger partial charge < -0.3 is 84.2 Å². The van der Waals surface area contributed by atoms with Crippen molar-refractivity contribution in [3.8, 4) is 0 Å². The predicted molar refractivity (Wildman–Crippen MR) is 506 cm³/mol. The van der Waals surface area contributed by atoms with Gasteiger partial charge in [0.2, 0.25) is 5.82 Å². The maximum atomic E-state index is 15.0. The van der Waals surface area contributed by atoms with E-state index in [1.54, 1.807) is 89.7 Å². The van der Waals surface area contributed by atoms with Crippen LogP contribution in [0, 0.1) is 30.2 Å². The SMILES string of the molecule is CCOC(=O)C1=C(CN2CCOCC2C(=O)O)NC(c2ncc(C)cc2F)=NC1c1ccc(F)cc1Cl.CCOC(=O)C1=C(CN2CCOCC2C(=O)O)NC(c2nccn2C)=NC1c1ccc(F)cc1Br.CCOC(=O)C1=C(CN2CCOCC2C(=O)O)NC(c2nccs2)=NC1c1ccccc1C(F)(F)F.CCOC(=O)C1=C(CN2CCOCC2C(=O)O)NC(c2ncn(C)n2)=NC1c1ccc(F)cc1Br. The number of rotatable bonds is 28. The summed E-state index contributed by atoms with van der Waals surface area (Å²) in [5, 5.41) is 57.5. The Morgan fingerprint density at radius 3 is 1.27 bits per heavy atom. The number of hydrogen-bond donors (Lipinski definition) is 8. The van der Waals surface area contributed by atoms with Gasteiger partial charge in [0.25, 0.3) is 0 Å². The average molecular weight is 2160 g/mol. The molecule has 39 nitrogen and oxygen atoms in total. The molecule has 0 aliphatic carbocycles. The number of hydrogen-bond acceptors (Lipinski definition) is 34. The minimum atomic E-state index is -4.70. The zero-order valence-corrected chi connectivity index (χ0v) is 82.3. The normalized spacial score (nSPS) is 20.8. The molecule has 4 saturated heterocycles. The van der Waals surface area contributed by atoms with Crippen LogP contribution in [0.25, 0.3) is 0 Å². The van der Waals surface area contributed by atoms with Crippen LogP contribution in [0.5, 0.6) is 0 Å². The molecule has 4 aromatic carbocycles. The molecule has 0 spiro atoms. The standard InChI is InChI=1S/C25H25ClF2N4O5.C23H25BrFN5O5.C23H23F3N4O5S.C22H24BrFN6O5/c1-3-37-25(35)20-18(11-32-6-7-36-12-19(32)24(33)34)30-23(22-17(28)8-13(2)10-29-22)31-21(20)15-5-4-14(27)9-16(15)26;1-3-35-23(33)18-16(11-30-8-9-34-12-17(30)22(31)32)27-20(21-26-6-7-29(21)2)28-19(18)14-5-4-13(25)10-15(14)24;1-2-35-22(33)17-15(11-30-8-9-34-12-16(30)21(31)32)28-19(20-27-7-10-36-20)29-18(17)13-5-3-4-6-14(13)23(24,25)26;1-3-35-22(33)17-15(9-30-6-7-34-10-16(30)21(31)32)26-20(19-25-11-29(2)28-19)27-18(17)13-5-4-12(24)8-14(13)23/h4-5,8-10,19,21H,3,6-7,11-12H2,1-2H3,(H,30,31)(H,33,34);4-7,10,17,19H,3,8-9,11-12H2,1-2H3,(H,27,28)(H,31,32);3-7,10,16,18H,2,8-9,11-12H2,1H3,(H,28,29)(H,31,32);4-5,8,11,16,18H,3,6-7,9-10H2,1-2H3,(H,26,27)(H,31,32). The quantitative estimate of drug-likeness (QED) is 0.0128. The van der Waals surface area contributed by atoms with Crippen LogP contribution < -0.4 is 21.3 Å². The summed E-state index contributed by atoms with van der Waals surface area (Å²) >= 11 is 14.4. The summed E-state index contributed by atoms with van der Waals surface area (Å²) in [6.07, 6.45) is 3.18. The second-order valence-electron chi connectivity index (χ2n) is 32.4. The Hall–Kier alpha value is -13.0. The van der Waals surface area contributed by atoms with E-state index in [0.29, 0.717) is 80.0 Å². The van der Waals surface area contributed by atoms with Crippen molar-refractivity contribution in [2.24, 2.45) is 34.1 Å². The number of esters is 4. The number of aromatic nitrogens is 7. The molecule has 0 radical (unpaired) electrons. The average Bonchev–Trinajstić information content (AvgIpc) is 1.44. The second kappa shape index (κ2) is 48.9. The zero-order valence-electron chi connectivity index (χ0n) is 77.5. The van der Waals surface area contributed by atoms with Gasteiger partial charge in [-0.05, 0) is 105 Å². The molecule has 12 heterocycles. The minimum Gasteiger partial charge on any atom is -0.480 e. The molecule has 0 amide bonds. The van der Waals surface area contributed by atoms with Crippen molar-refractivity contribution < 1.29 is 127 Å². The summed E-state index contributed by atoms with van der Waals surface area (Å²) in [6.45, 7) is 11.1. The summed E-state index contributed by atoms with van der Waals surface area (Å²) < 4.78 is 145. The molecular weight excluding hydrogens is 2060 g/mol. The lowest BCUT2D eigenvalue weighted by molar-refractivity contribution is -0.150. The lowest BCUT2D eigenvalue weighted by atomic mass is 9.91. The molecule has 8 aromatic rings. The number of pyridine rings is 1. The molecule has 8 atom stereocenters. The number of carbonyl (C=O) groups is 8. The van der Waals surface area contributed by atoms with Gasteiger partial charge in [-0.1, -0.05) is 79.9 Å². The Morgan fingerprint density at radius 1 is 0.490 bits per heavy atom. The number of aryl methyl sites for hydroxylation is 3. The number of nitrogens with zero attached hydrogens (tertiary/aromatic N) is 15. The van der Waals surface area contributed by atoms with Crippen molar-refractivity contribution >= 4 is 126 Å². The van der Waals surface area contributed by atoms with E-state index in [-0.39, 0.29) is 184 Å². The monoisotopic (exact) mass is 2160 g/mol. The van der Waals surface area contributed by atoms with Crippen molar-refractivity contribution in [2.45, 2.75) is 89.1 Å². The van der Waals surface area contributed by atoms with E-state index in [9.17, 15) is 89.5 Å². The Morgan fingerprint density at radius 2 is 0.881 bits per heavy atom. The molecule has 50 heteroatoms. The summed E-state index contributed by atoms with van der Waals surface area (Å²) in [5.41, 5.74) is 2.29. The third kappa shape index (κ3) is 26.2. The topological polar surface area (TPSA) is 476 Å². The first-order chi connectivity index (χ1) is 68.5. The Bertz CT molecular complexity index is 6360. The number of ether oxygens (including phenoxy) is 8. The summed E-state index contributed by atoms with van der Waals surface area (Å²) in [5.74, 6) is -7.51. The Labute approximate surface area is 837 Å². The van der Waals surface area contributed by atoms with Crippen LogP contribution >= 0.6 is 54.8 Å². The van der Waals surface area contributed by atoms with Gasteiger partial charge in [0.15, 0.2) is 40.0 Å². The first kappa shape index (κ1) is 107. The highest BCUT2D eigenvalue weighted by Gasteiger charge is 2.46. The number of carboxylic acids is 4. The van der Waals surface area contributed by atoms with Crippen LogP contribution in [0.1, 0.15) is 108 Å². The maximum Gasteiger partial charge on any atom is 0.416 e. The number of aliphatic imine (C=N–C) groups is 4. The number of halogens is 10. The summed E-state index contributed by atoms with van der Waals surface area (Å²) in [4.78, 5) is 142. The van der Waals surface area contributed by atoms with E-state index in [1.807, 2.05) is 7.05 Å². The van der Waals surface area contributed by atoms with Gasteiger partial charge in [0.05, 0.1) is 107 Å². The Kier molecular flexibility index (Phi) is 36.7. The number of benzene rings is 4. The zero-order chi connectivity index (χ0) is 103. The van der Waals surface area contributed by atoms with E-state index in [2.05, 4.69) is 88.1 Å². The summed E-state index contributed by atoms with van der Waals surface area (Å²) in [7, 11) is 3.52. The van der Waals surface area contributed by atoms with Gasteiger partial charge in [-0.2, -0.15) is 13.2 Å². The second-order valence-corrected chi connectivity index (χ2v) is 35.4. The first-order valence-corrected chi connectivity index (χ1v) is 47.4. The van der Waals surface area contributed by atoms with E-state index in [0.717, 1.165) is 12.1 Å². The van der Waals surface area contributed by atoms with Gasteiger partial charge >= 0.3 is 53.9 Å². The Balaban J connectivity index is 0.000000160. The number of carboxylic acid groups (broad SMARTS) is 4. The summed E-state index contributed by atoms with van der Waals surface area (Å²) in [6, 6.07) is 10.1. The van der Waals surface area contributed by atoms with Gasteiger partial charge in [-0.15, -0.1) is 16.4 Å². The third-order valence-electron chi connectivity index (χ3n) is 23.0. The molecule has 0 saturated carbocycles. The fraction of sp³-hybridized carbons (Fsp3) is 0.387. The van der Waals surface area contributed by atoms with Gasteiger partial charge in [0.1, 0.15) is 77.8 Å². The smallest absolute Gasteiger partial charge is 0.416 e. The lowest BCUT2D eigenvalue weighted by Gasteiger charge is -2.36. The molecule has 4 fully saturated rings. The minimum absolute atomic E-state index is 0.00303. The highest BCUT2D eigenvalue weighted by molar-refractivity contribution is 9.10. The molecule has 0 bridgehead atoms. The van der Waals surface area contributed by atoms with E-state index in [1.165, 1.54) is 101 Å². The fourth-order valence-electron chi connectivity index (χ4n) is 16.3. The van der Waals surface area contributed by atoms with E-state index < -0.39 is 131 Å². The van der Waals surface area contributed by atoms with Crippen LogP contribution in [0.2, 0.25) is 5.02 Å². The van der Waals surface area contributed by atoms with Gasteiger partial charge in [-0.25, -0.2) is 56.7 Å². The number of aliphatic carboxylic acids is 4. The molecule has 16 rings (SSSR count). The van der Waals surface area contributed by atoms with Crippen LogP contribution in [-0.4, -0.2) is 301 Å². The van der Waals surface area contributed by atoms with Crippen LogP contribution in [0.4, 0.5) is 30.7 Å². The van der Waals surface area contributed by atoms with Crippen molar-refractivity contribution in [1.29, 1.82) is 0 Å². The first-order valence-electron chi connectivity index (χ1n) is 44.5. The molecule has 8 unspecified atom stereocenters. The van der Waals surface area contributed by atoms with Gasteiger partial charge in [-0.3, -0.25) is 63.4 Å². The van der Waals surface area contributed by atoms with Crippen LogP contribution in [0.3, 0.4) is 0 Å². The molecule has 760 valence electrons. The number of alkyl halides is 3. The molecule has 8 aliphatic rings. The van der Waals surface area contributed by atoms with E-state index >= 15 is 0 Å². The number of carbonyl (C=O) groups excluding carboxylic acids is 4. The molecule has 8 N–H and O–H groups in total. The number of thiazole rings is 1.